The molecule has 2 aromatic carbocycles. The van der Waals surface area contributed by atoms with Crippen LogP contribution in [0.3, 0.4) is 0 Å². The number of carboxylic acid groups (broad SMARTS) is 1. The van der Waals surface area contributed by atoms with Gasteiger partial charge >= 0.3 is 5.97 Å². The second-order valence-electron chi connectivity index (χ2n) is 14.7. The number of pyridine rings is 1. The maximum atomic E-state index is 12.9. The number of amides is 1. The van der Waals surface area contributed by atoms with Gasteiger partial charge in [0, 0.05) is 41.6 Å². The van der Waals surface area contributed by atoms with Crippen molar-refractivity contribution in [1.82, 2.24) is 10.3 Å². The van der Waals surface area contributed by atoms with Crippen LogP contribution < -0.4 is 20.1 Å². The van der Waals surface area contributed by atoms with Crippen LogP contribution in [0.4, 0.5) is 5.69 Å². The highest BCUT2D eigenvalue weighted by Gasteiger charge is 2.54. The van der Waals surface area contributed by atoms with Crippen molar-refractivity contribution in [2.45, 2.75) is 102 Å². The number of hydrogen-bond donors (Lipinski definition) is 3. The molecule has 3 N–H and O–H groups in total. The topological polar surface area (TPSA) is 110 Å². The molecular formula is C40H50ClN3O5. The third-order valence-corrected chi connectivity index (χ3v) is 11.5. The van der Waals surface area contributed by atoms with E-state index in [1.807, 2.05) is 24.4 Å². The summed E-state index contributed by atoms with van der Waals surface area (Å²) in [7, 11) is 0. The second kappa shape index (κ2) is 15.0. The Balaban J connectivity index is 1.21. The number of ether oxygens (including phenoxy) is 2. The number of anilines is 1. The Morgan fingerprint density at radius 1 is 1.10 bits per heavy atom. The molecule has 1 amide bonds. The lowest BCUT2D eigenvalue weighted by atomic mass is 9.59. The molecule has 3 atom stereocenters. The zero-order valence-electron chi connectivity index (χ0n) is 29.0. The average molecular weight is 688 g/mol. The van der Waals surface area contributed by atoms with Gasteiger partial charge < -0.3 is 25.2 Å². The van der Waals surface area contributed by atoms with Crippen LogP contribution in [0, 0.1) is 11.8 Å². The highest BCUT2D eigenvalue weighted by Crippen LogP contribution is 2.56. The van der Waals surface area contributed by atoms with Gasteiger partial charge in [-0.15, -0.1) is 0 Å². The first kappa shape index (κ1) is 35.1. The molecule has 0 radical (unpaired) electrons. The molecular weight excluding hydrogens is 638 g/mol. The van der Waals surface area contributed by atoms with Gasteiger partial charge in [0.25, 0.3) is 0 Å². The molecule has 1 saturated carbocycles. The Bertz CT molecular complexity index is 1650. The zero-order chi connectivity index (χ0) is 34.6. The van der Waals surface area contributed by atoms with Crippen molar-refractivity contribution in [3.63, 3.8) is 0 Å². The Hall–Kier alpha value is -3.78. The van der Waals surface area contributed by atoms with Gasteiger partial charge in [0.1, 0.15) is 17.0 Å². The van der Waals surface area contributed by atoms with E-state index in [1.54, 1.807) is 12.1 Å². The summed E-state index contributed by atoms with van der Waals surface area (Å²) in [4.78, 5) is 28.8. The molecule has 3 aliphatic rings. The summed E-state index contributed by atoms with van der Waals surface area (Å²) >= 11 is 6.27. The van der Waals surface area contributed by atoms with Crippen LogP contribution in [0.1, 0.15) is 100 Å². The number of benzene rings is 2. The maximum absolute atomic E-state index is 12.9. The van der Waals surface area contributed by atoms with E-state index < -0.39 is 11.5 Å². The quantitative estimate of drug-likeness (QED) is 0.156. The number of nitrogens with zero attached hydrogens (tertiary/aromatic N) is 1. The minimum Gasteiger partial charge on any atom is -0.494 e. The van der Waals surface area contributed by atoms with E-state index in [-0.39, 0.29) is 11.3 Å². The van der Waals surface area contributed by atoms with Crippen LogP contribution in [0.5, 0.6) is 11.5 Å². The number of fused-ring (bicyclic) bond motifs is 3. The highest BCUT2D eigenvalue weighted by atomic mass is 35.5. The minimum atomic E-state index is -1.08. The summed E-state index contributed by atoms with van der Waals surface area (Å²) in [5.41, 5.74) is 4.56. The predicted octanol–water partition coefficient (Wildman–Crippen LogP) is 8.10. The number of aryl methyl sites for hydroxylation is 1. The van der Waals surface area contributed by atoms with Crippen LogP contribution >= 0.6 is 11.6 Å². The summed E-state index contributed by atoms with van der Waals surface area (Å²) < 4.78 is 12.7. The van der Waals surface area contributed by atoms with Gasteiger partial charge in [-0.25, -0.2) is 4.79 Å². The van der Waals surface area contributed by atoms with Crippen molar-refractivity contribution in [3.05, 3.63) is 82.1 Å². The number of carbonyl (C=O) groups is 2. The summed E-state index contributed by atoms with van der Waals surface area (Å²) in [6.07, 6.45) is 10.4. The Morgan fingerprint density at radius 2 is 1.92 bits per heavy atom. The molecule has 3 aromatic rings. The van der Waals surface area contributed by atoms with Gasteiger partial charge in [0.05, 0.1) is 13.2 Å². The van der Waals surface area contributed by atoms with Crippen LogP contribution in [0.2, 0.25) is 5.02 Å². The number of carboxylic acids is 1. The van der Waals surface area contributed by atoms with Crippen LogP contribution in [-0.4, -0.2) is 47.3 Å². The molecule has 0 bridgehead atoms. The van der Waals surface area contributed by atoms with Crippen molar-refractivity contribution < 1.29 is 24.2 Å². The Labute approximate surface area is 295 Å². The van der Waals surface area contributed by atoms with Gasteiger partial charge in [-0.2, -0.15) is 0 Å². The van der Waals surface area contributed by atoms with Crippen molar-refractivity contribution in [1.29, 1.82) is 0 Å². The number of aromatic nitrogens is 1. The lowest BCUT2D eigenvalue weighted by molar-refractivity contribution is -0.144. The predicted molar refractivity (Wildman–Crippen MR) is 193 cm³/mol. The molecule has 262 valence electrons. The number of halogens is 1. The van der Waals surface area contributed by atoms with Gasteiger partial charge in [-0.3, -0.25) is 9.78 Å². The molecule has 9 heteroatoms. The molecule has 1 heterocycles. The fourth-order valence-corrected chi connectivity index (χ4v) is 8.88. The standard InChI is InChI=1S/C40H50ClN3O5/c1-26(25-49-36-13-19-43-35-10-4-7-27(2)37(35)36)21-30-22-29-11-12-33(48-20-6-18-42-28(3)45)24-34(29)39(30)14-16-40(17-15-39,38(46)47)44-32-9-5-8-31(41)23-32/h5,8-9,11-13,19,23-24,26-27,30,44H,4,6-7,10,14-18,20-22,25H2,1-3H3,(H,42,45)(H,46,47)/t26-,27-,30+,39?,40?/m1/s1. The molecule has 6 rings (SSSR count). The van der Waals surface area contributed by atoms with Crippen LogP contribution in [-0.2, 0) is 27.8 Å². The van der Waals surface area contributed by atoms with Crippen molar-refractivity contribution in [2.75, 3.05) is 25.1 Å². The fraction of sp³-hybridized carbons (Fsp3) is 0.525. The molecule has 3 aliphatic carbocycles. The highest BCUT2D eigenvalue weighted by molar-refractivity contribution is 6.30. The first-order valence-corrected chi connectivity index (χ1v) is 18.3. The smallest absolute Gasteiger partial charge is 0.329 e. The molecule has 1 aromatic heterocycles. The SMILES string of the molecule is CC(=O)NCCCOc1ccc2c(c1)C1(CCC(Nc3cccc(Cl)c3)(C(=O)O)CC1)[C@@H](C[C@@H](C)COc1ccnc3c1[C@H](C)CCC3)C2. The van der Waals surface area contributed by atoms with Crippen LogP contribution in [0.15, 0.2) is 54.7 Å². The lowest BCUT2D eigenvalue weighted by Gasteiger charge is -2.47. The summed E-state index contributed by atoms with van der Waals surface area (Å²) in [5, 5.41) is 17.4. The number of nitrogens with one attached hydrogen (secondary N) is 2. The third-order valence-electron chi connectivity index (χ3n) is 11.2. The molecule has 49 heavy (non-hydrogen) atoms. The summed E-state index contributed by atoms with van der Waals surface area (Å²) in [6, 6.07) is 15.8. The normalized spacial score (nSPS) is 24.8. The number of hydrogen-bond acceptors (Lipinski definition) is 6. The average Bonchev–Trinajstić information content (AvgIpc) is 3.36. The van der Waals surface area contributed by atoms with E-state index in [0.29, 0.717) is 55.4 Å². The summed E-state index contributed by atoms with van der Waals surface area (Å²) in [5.74, 6) is 2.03. The van der Waals surface area contributed by atoms with Gasteiger partial charge in [-0.1, -0.05) is 37.6 Å². The van der Waals surface area contributed by atoms with Crippen molar-refractivity contribution >= 4 is 29.2 Å². The first-order chi connectivity index (χ1) is 23.6. The van der Waals surface area contributed by atoms with E-state index in [9.17, 15) is 14.7 Å². The van der Waals surface area contributed by atoms with E-state index in [0.717, 1.165) is 55.7 Å². The van der Waals surface area contributed by atoms with Crippen LogP contribution in [0.25, 0.3) is 0 Å². The molecule has 0 aliphatic heterocycles. The molecule has 0 saturated heterocycles. The maximum Gasteiger partial charge on any atom is 0.329 e. The lowest BCUT2D eigenvalue weighted by Crippen LogP contribution is -2.53. The van der Waals surface area contributed by atoms with Crippen molar-refractivity contribution in [2.24, 2.45) is 11.8 Å². The second-order valence-corrected chi connectivity index (χ2v) is 15.1. The first-order valence-electron chi connectivity index (χ1n) is 18.0. The molecule has 1 fully saturated rings. The molecule has 1 spiro atoms. The van der Waals surface area contributed by atoms with Gasteiger partial charge in [0.15, 0.2) is 0 Å². The number of rotatable bonds is 13. The van der Waals surface area contributed by atoms with E-state index in [4.69, 9.17) is 21.1 Å². The van der Waals surface area contributed by atoms with E-state index in [1.165, 1.54) is 42.1 Å². The Kier molecular flexibility index (Phi) is 10.7. The van der Waals surface area contributed by atoms with Gasteiger partial charge in [0.2, 0.25) is 5.91 Å². The van der Waals surface area contributed by atoms with Gasteiger partial charge in [-0.05, 0) is 135 Å². The van der Waals surface area contributed by atoms with E-state index >= 15 is 0 Å². The summed E-state index contributed by atoms with van der Waals surface area (Å²) in [6.45, 7) is 7.78. The largest absolute Gasteiger partial charge is 0.494 e. The van der Waals surface area contributed by atoms with Crippen molar-refractivity contribution in [3.8, 4) is 11.5 Å². The number of carbonyl (C=O) groups excluding carboxylic acids is 1. The zero-order valence-corrected chi connectivity index (χ0v) is 29.8. The third kappa shape index (κ3) is 7.69. The van der Waals surface area contributed by atoms with E-state index in [2.05, 4.69) is 47.7 Å². The monoisotopic (exact) mass is 687 g/mol. The molecule has 0 unspecified atom stereocenters. The fourth-order valence-electron chi connectivity index (χ4n) is 8.69. The minimum absolute atomic E-state index is 0.0422. The molecule has 8 nitrogen and oxygen atoms in total. The number of aliphatic carboxylic acids is 1. The Morgan fingerprint density at radius 3 is 2.67 bits per heavy atom.